The minimum atomic E-state index is -0.795. The Hall–Kier alpha value is -0.770. The van der Waals surface area contributed by atoms with Crippen molar-refractivity contribution in [3.63, 3.8) is 0 Å². The Morgan fingerprint density at radius 1 is 1.83 bits per heavy atom. The molecule has 1 atom stereocenters. The number of thiazole rings is 1. The van der Waals surface area contributed by atoms with Crippen molar-refractivity contribution in [2.75, 3.05) is 0 Å². The van der Waals surface area contributed by atoms with Crippen molar-refractivity contribution >= 4 is 40.0 Å². The monoisotopic (exact) mass is 291 g/mol. The van der Waals surface area contributed by atoms with Crippen LogP contribution >= 0.6 is 33.9 Å². The first kappa shape index (κ1) is 9.32. The number of nitrogens with zero attached hydrogens (tertiary/aromatic N) is 3. The summed E-state index contributed by atoms with van der Waals surface area (Å²) < 4.78 is 0.962. The molecule has 0 bridgehead atoms. The van der Waals surface area contributed by atoms with E-state index in [0.29, 0.717) is 5.01 Å². The van der Waals surface area contributed by atoms with E-state index < -0.39 is 6.04 Å². The zero-order chi connectivity index (χ0) is 8.97. The lowest BCUT2D eigenvalue weighted by molar-refractivity contribution is 0.561. The van der Waals surface area contributed by atoms with Crippen molar-refractivity contribution in [1.29, 1.82) is 5.26 Å². The van der Waals surface area contributed by atoms with Gasteiger partial charge in [0.25, 0.3) is 0 Å². The summed E-state index contributed by atoms with van der Waals surface area (Å²) in [6.07, 6.45) is 2.97. The lowest BCUT2D eigenvalue weighted by Gasteiger charge is -1.91. The minimum absolute atomic E-state index is 0.533. The molecular formula is C6H2IN3OS. The molecule has 0 fully saturated rings. The van der Waals surface area contributed by atoms with Crippen LogP contribution in [0.4, 0.5) is 0 Å². The molecule has 0 radical (unpaired) electrons. The first-order valence-electron chi connectivity index (χ1n) is 2.85. The highest BCUT2D eigenvalue weighted by Crippen LogP contribution is 2.22. The Labute approximate surface area is 86.1 Å². The Kier molecular flexibility index (Phi) is 3.34. The van der Waals surface area contributed by atoms with Crippen molar-refractivity contribution in [2.45, 2.75) is 6.04 Å². The number of nitriles is 1. The van der Waals surface area contributed by atoms with Crippen LogP contribution in [-0.2, 0) is 4.79 Å². The van der Waals surface area contributed by atoms with Gasteiger partial charge in [-0.15, -0.1) is 11.3 Å². The second kappa shape index (κ2) is 4.30. The summed E-state index contributed by atoms with van der Waals surface area (Å²) in [5, 5.41) is 9.09. The van der Waals surface area contributed by atoms with Gasteiger partial charge in [0.05, 0.1) is 15.1 Å². The first-order chi connectivity index (χ1) is 5.77. The number of carbonyl (C=O) groups excluding carboxylic acids is 1. The predicted octanol–water partition coefficient (Wildman–Crippen LogP) is 1.65. The summed E-state index contributed by atoms with van der Waals surface area (Å²) in [5.74, 6) is 0. The molecule has 0 spiro atoms. The van der Waals surface area contributed by atoms with Crippen LogP contribution in [0.15, 0.2) is 11.2 Å². The summed E-state index contributed by atoms with van der Waals surface area (Å²) >= 11 is 3.43. The number of rotatable bonds is 2. The molecule has 0 aliphatic carbocycles. The largest absolute Gasteiger partial charge is 0.245 e. The second-order valence-corrected chi connectivity index (χ2v) is 4.71. The highest BCUT2D eigenvalue weighted by Gasteiger charge is 2.12. The van der Waals surface area contributed by atoms with Crippen molar-refractivity contribution in [3.05, 3.63) is 14.1 Å². The van der Waals surface area contributed by atoms with Crippen molar-refractivity contribution in [3.8, 4) is 6.07 Å². The summed E-state index contributed by atoms with van der Waals surface area (Å²) in [6.45, 7) is 0. The molecule has 0 N–H and O–H groups in total. The Balaban J connectivity index is 2.96. The van der Waals surface area contributed by atoms with Crippen LogP contribution < -0.4 is 0 Å². The lowest BCUT2D eigenvalue weighted by Crippen LogP contribution is -1.88. The highest BCUT2D eigenvalue weighted by atomic mass is 127. The molecule has 0 aromatic carbocycles. The zero-order valence-electron chi connectivity index (χ0n) is 5.69. The quantitative estimate of drug-likeness (QED) is 0.472. The Bertz CT molecular complexity index is 363. The molecule has 0 aliphatic heterocycles. The van der Waals surface area contributed by atoms with E-state index in [-0.39, 0.29) is 0 Å². The zero-order valence-corrected chi connectivity index (χ0v) is 8.66. The van der Waals surface area contributed by atoms with Gasteiger partial charge in [-0.2, -0.15) is 10.3 Å². The molecule has 1 rings (SSSR count). The van der Waals surface area contributed by atoms with E-state index in [0.717, 1.165) is 2.88 Å². The molecule has 6 heteroatoms. The van der Waals surface area contributed by atoms with Crippen LogP contribution in [0.25, 0.3) is 0 Å². The predicted molar refractivity (Wildman–Crippen MR) is 51.3 cm³/mol. The van der Waals surface area contributed by atoms with Gasteiger partial charge >= 0.3 is 0 Å². The SMILES string of the molecule is N#CC(N=C=O)c1ncc(I)s1. The molecule has 0 amide bonds. The third-order valence-electron chi connectivity index (χ3n) is 1.03. The highest BCUT2D eigenvalue weighted by molar-refractivity contribution is 14.1. The Morgan fingerprint density at radius 3 is 3.00 bits per heavy atom. The van der Waals surface area contributed by atoms with E-state index in [2.05, 4.69) is 32.6 Å². The van der Waals surface area contributed by atoms with Crippen LogP contribution in [-0.4, -0.2) is 11.1 Å². The molecule has 1 aromatic heterocycles. The number of aromatic nitrogens is 1. The summed E-state index contributed by atoms with van der Waals surface area (Å²) in [5.41, 5.74) is 0. The fourth-order valence-corrected chi connectivity index (χ4v) is 2.03. The minimum Gasteiger partial charge on any atom is -0.245 e. The van der Waals surface area contributed by atoms with E-state index in [4.69, 9.17) is 5.26 Å². The van der Waals surface area contributed by atoms with Crippen LogP contribution in [0.3, 0.4) is 0 Å². The average Bonchev–Trinajstić information content (AvgIpc) is 2.47. The van der Waals surface area contributed by atoms with Gasteiger partial charge in [0, 0.05) is 0 Å². The maximum Gasteiger partial charge on any atom is 0.236 e. The van der Waals surface area contributed by atoms with Crippen LogP contribution in [0.1, 0.15) is 11.0 Å². The van der Waals surface area contributed by atoms with Gasteiger partial charge < -0.3 is 0 Å². The third-order valence-corrected chi connectivity index (χ3v) is 2.81. The van der Waals surface area contributed by atoms with Crippen molar-refractivity contribution in [1.82, 2.24) is 4.98 Å². The lowest BCUT2D eigenvalue weighted by atomic mass is 10.4. The average molecular weight is 291 g/mol. The van der Waals surface area contributed by atoms with E-state index in [1.165, 1.54) is 17.4 Å². The number of isocyanates is 1. The summed E-state index contributed by atoms with van der Waals surface area (Å²) in [4.78, 5) is 17.1. The maximum atomic E-state index is 9.89. The van der Waals surface area contributed by atoms with Crippen molar-refractivity contribution in [2.24, 2.45) is 4.99 Å². The molecule has 4 nitrogen and oxygen atoms in total. The smallest absolute Gasteiger partial charge is 0.236 e. The molecule has 0 aliphatic rings. The molecule has 60 valence electrons. The molecule has 1 heterocycles. The summed E-state index contributed by atoms with van der Waals surface area (Å²) in [6, 6.07) is 1.05. The van der Waals surface area contributed by atoms with E-state index in [1.54, 1.807) is 6.20 Å². The topological polar surface area (TPSA) is 66.1 Å². The van der Waals surface area contributed by atoms with Gasteiger partial charge in [-0.05, 0) is 22.6 Å². The molecule has 1 unspecified atom stereocenters. The number of aliphatic imine (C=N–C) groups is 1. The molecule has 1 aromatic rings. The molecule has 12 heavy (non-hydrogen) atoms. The molecule has 0 saturated carbocycles. The number of hydrogen-bond acceptors (Lipinski definition) is 5. The van der Waals surface area contributed by atoms with Gasteiger partial charge in [0.2, 0.25) is 6.08 Å². The normalized spacial score (nSPS) is 11.3. The standard InChI is InChI=1S/C6H2IN3OS/c7-5-2-9-6(12-5)4(1-8)10-3-11/h2,4H. The first-order valence-corrected chi connectivity index (χ1v) is 4.75. The van der Waals surface area contributed by atoms with E-state index in [9.17, 15) is 4.79 Å². The molecular weight excluding hydrogens is 289 g/mol. The number of halogens is 1. The fraction of sp³-hybridized carbons (Fsp3) is 0.167. The second-order valence-electron chi connectivity index (χ2n) is 1.75. The van der Waals surface area contributed by atoms with Gasteiger partial charge in [-0.3, -0.25) is 0 Å². The summed E-state index contributed by atoms with van der Waals surface area (Å²) in [7, 11) is 0. The van der Waals surface area contributed by atoms with Gasteiger partial charge in [0.15, 0.2) is 6.04 Å². The van der Waals surface area contributed by atoms with Crippen LogP contribution in [0.5, 0.6) is 0 Å². The Morgan fingerprint density at radius 2 is 2.58 bits per heavy atom. The fourth-order valence-electron chi connectivity index (χ4n) is 0.585. The third kappa shape index (κ3) is 2.11. The van der Waals surface area contributed by atoms with Crippen LogP contribution in [0.2, 0.25) is 0 Å². The maximum absolute atomic E-state index is 9.89. The van der Waals surface area contributed by atoms with Gasteiger partial charge in [-0.25, -0.2) is 9.78 Å². The molecule has 0 saturated heterocycles. The van der Waals surface area contributed by atoms with E-state index >= 15 is 0 Å². The van der Waals surface area contributed by atoms with Crippen LogP contribution in [0, 0.1) is 14.2 Å². The number of hydrogen-bond donors (Lipinski definition) is 0. The van der Waals surface area contributed by atoms with E-state index in [1.807, 2.05) is 6.07 Å². The van der Waals surface area contributed by atoms with Gasteiger partial charge in [0.1, 0.15) is 5.01 Å². The van der Waals surface area contributed by atoms with Gasteiger partial charge in [-0.1, -0.05) is 0 Å². The van der Waals surface area contributed by atoms with Crippen molar-refractivity contribution < 1.29 is 4.79 Å².